The van der Waals surface area contributed by atoms with Gasteiger partial charge in [0.1, 0.15) is 5.75 Å². The predicted octanol–water partition coefficient (Wildman–Crippen LogP) is 6.07. The highest BCUT2D eigenvalue weighted by molar-refractivity contribution is 6.04. The first-order chi connectivity index (χ1) is 18.0. The number of nitrogens with one attached hydrogen (secondary N) is 2. The summed E-state index contributed by atoms with van der Waals surface area (Å²) >= 11 is 0. The van der Waals surface area contributed by atoms with Crippen LogP contribution < -0.4 is 15.4 Å². The third-order valence-electron chi connectivity index (χ3n) is 6.66. The lowest BCUT2D eigenvalue weighted by Crippen LogP contribution is -2.52. The van der Waals surface area contributed by atoms with Crippen molar-refractivity contribution in [1.82, 2.24) is 10.6 Å². The van der Waals surface area contributed by atoms with Crippen molar-refractivity contribution in [1.29, 1.82) is 0 Å². The summed E-state index contributed by atoms with van der Waals surface area (Å²) in [5, 5.41) is 5.87. The van der Waals surface area contributed by atoms with Crippen molar-refractivity contribution in [2.75, 3.05) is 13.2 Å². The van der Waals surface area contributed by atoms with E-state index in [9.17, 15) is 22.8 Å². The molecule has 3 rings (SSSR count). The largest absolute Gasteiger partial charge is 0.494 e. The standard InChI is InChI=1S/C30H35F3N2O3/c1-4-29(15-6-9-23-8-5-10-25(18-23)38-17-7-16-30(31,32)33)19-26(24-13-11-21(2)12-14-24)27(28(37)35-29)20-34-22(3)36/h4-5,8,10-14,18H,1,6-7,9,15-17,19-20H2,2-3H3,(H,34,36)(H,35,37)/t29-/m0/s1. The van der Waals surface area contributed by atoms with Gasteiger partial charge in [-0.15, -0.1) is 6.58 Å². The number of halogens is 3. The highest BCUT2D eigenvalue weighted by Crippen LogP contribution is 2.36. The molecule has 0 radical (unpaired) electrons. The quantitative estimate of drug-likeness (QED) is 0.259. The van der Waals surface area contributed by atoms with Gasteiger partial charge >= 0.3 is 6.18 Å². The van der Waals surface area contributed by atoms with Crippen molar-refractivity contribution in [2.45, 2.75) is 64.1 Å². The maximum atomic E-state index is 13.2. The molecule has 0 aromatic heterocycles. The van der Waals surface area contributed by atoms with E-state index in [0.29, 0.717) is 30.6 Å². The van der Waals surface area contributed by atoms with Crippen LogP contribution in [-0.2, 0) is 16.0 Å². The summed E-state index contributed by atoms with van der Waals surface area (Å²) in [5.41, 5.74) is 3.82. The minimum Gasteiger partial charge on any atom is -0.494 e. The normalized spacial score (nSPS) is 17.7. The molecule has 1 heterocycles. The second kappa shape index (κ2) is 12.8. The number of carbonyl (C=O) groups is 2. The van der Waals surface area contributed by atoms with Gasteiger partial charge in [0.2, 0.25) is 11.8 Å². The molecule has 0 fully saturated rings. The van der Waals surface area contributed by atoms with Crippen LogP contribution in [-0.4, -0.2) is 36.7 Å². The van der Waals surface area contributed by atoms with Crippen LogP contribution in [0.5, 0.6) is 5.75 Å². The Kier molecular flexibility index (Phi) is 9.78. The van der Waals surface area contributed by atoms with E-state index in [0.717, 1.165) is 28.7 Å². The fourth-order valence-electron chi connectivity index (χ4n) is 4.57. The first-order valence-corrected chi connectivity index (χ1v) is 12.8. The molecule has 204 valence electrons. The van der Waals surface area contributed by atoms with Crippen molar-refractivity contribution >= 4 is 17.4 Å². The van der Waals surface area contributed by atoms with E-state index < -0.39 is 18.1 Å². The zero-order valence-electron chi connectivity index (χ0n) is 21.9. The Morgan fingerprint density at radius 3 is 2.58 bits per heavy atom. The molecule has 2 amide bonds. The Bertz CT molecular complexity index is 1170. The van der Waals surface area contributed by atoms with Crippen LogP contribution in [0.15, 0.2) is 66.8 Å². The molecule has 0 unspecified atom stereocenters. The van der Waals surface area contributed by atoms with Crippen LogP contribution in [0.2, 0.25) is 0 Å². The van der Waals surface area contributed by atoms with Crippen LogP contribution in [0.25, 0.3) is 5.57 Å². The average molecular weight is 529 g/mol. The topological polar surface area (TPSA) is 67.4 Å². The predicted molar refractivity (Wildman–Crippen MR) is 143 cm³/mol. The van der Waals surface area contributed by atoms with Gasteiger partial charge in [0.15, 0.2) is 0 Å². The number of aryl methyl sites for hydroxylation is 2. The van der Waals surface area contributed by atoms with E-state index in [2.05, 4.69) is 17.2 Å². The van der Waals surface area contributed by atoms with Crippen LogP contribution in [0.1, 0.15) is 55.7 Å². The number of hydrogen-bond donors (Lipinski definition) is 2. The zero-order valence-corrected chi connectivity index (χ0v) is 21.9. The minimum atomic E-state index is -4.18. The van der Waals surface area contributed by atoms with Crippen LogP contribution in [0.4, 0.5) is 13.2 Å². The summed E-state index contributed by atoms with van der Waals surface area (Å²) in [6, 6.07) is 15.3. The van der Waals surface area contributed by atoms with Gasteiger partial charge in [-0.2, -0.15) is 13.2 Å². The molecule has 1 aliphatic rings. The molecule has 5 nitrogen and oxygen atoms in total. The Labute approximate surface area is 222 Å². The Morgan fingerprint density at radius 2 is 1.92 bits per heavy atom. The summed E-state index contributed by atoms with van der Waals surface area (Å²) in [6.45, 7) is 7.59. The van der Waals surface area contributed by atoms with E-state index in [1.165, 1.54) is 6.92 Å². The molecule has 38 heavy (non-hydrogen) atoms. The fourth-order valence-corrected chi connectivity index (χ4v) is 4.57. The summed E-state index contributed by atoms with van der Waals surface area (Å²) < 4.78 is 42.5. The van der Waals surface area contributed by atoms with Gasteiger partial charge in [-0.05, 0) is 61.4 Å². The lowest BCUT2D eigenvalue weighted by atomic mass is 9.78. The van der Waals surface area contributed by atoms with Crippen molar-refractivity contribution in [3.05, 3.63) is 83.4 Å². The number of amides is 2. The van der Waals surface area contributed by atoms with Crippen LogP contribution >= 0.6 is 0 Å². The smallest absolute Gasteiger partial charge is 0.389 e. The number of rotatable bonds is 12. The number of benzene rings is 2. The van der Waals surface area contributed by atoms with Crippen LogP contribution in [0, 0.1) is 6.92 Å². The minimum absolute atomic E-state index is 0.00348. The molecule has 0 bridgehead atoms. The first kappa shape index (κ1) is 29.0. The second-order valence-electron chi connectivity index (χ2n) is 9.79. The Morgan fingerprint density at radius 1 is 1.18 bits per heavy atom. The number of hydrogen-bond acceptors (Lipinski definition) is 3. The lowest BCUT2D eigenvalue weighted by Gasteiger charge is -2.38. The molecule has 0 saturated heterocycles. The maximum Gasteiger partial charge on any atom is 0.389 e. The molecule has 0 saturated carbocycles. The van der Waals surface area contributed by atoms with Crippen LogP contribution in [0.3, 0.4) is 0 Å². The van der Waals surface area contributed by atoms with Crippen molar-refractivity contribution in [3.63, 3.8) is 0 Å². The SMILES string of the molecule is C=C[C@]1(CCCc2cccc(OCCCC(F)(F)F)c2)CC(c2ccc(C)cc2)=C(CNC(C)=O)C(=O)N1. The highest BCUT2D eigenvalue weighted by atomic mass is 19.4. The molecule has 2 aromatic carbocycles. The first-order valence-electron chi connectivity index (χ1n) is 12.8. The zero-order chi connectivity index (χ0) is 27.8. The molecular formula is C30H35F3N2O3. The van der Waals surface area contributed by atoms with Crippen molar-refractivity contribution < 1.29 is 27.5 Å². The average Bonchev–Trinajstić information content (AvgIpc) is 2.86. The van der Waals surface area contributed by atoms with Gasteiger partial charge in [-0.3, -0.25) is 9.59 Å². The summed E-state index contributed by atoms with van der Waals surface area (Å²) in [7, 11) is 0. The van der Waals surface area contributed by atoms with E-state index in [4.69, 9.17) is 4.74 Å². The Balaban J connectivity index is 1.69. The summed E-state index contributed by atoms with van der Waals surface area (Å²) in [5.74, 6) is 0.108. The van der Waals surface area contributed by atoms with Crippen molar-refractivity contribution in [2.24, 2.45) is 0 Å². The molecule has 2 N–H and O–H groups in total. The van der Waals surface area contributed by atoms with Crippen molar-refractivity contribution in [3.8, 4) is 5.75 Å². The van der Waals surface area contributed by atoms with E-state index in [1.807, 2.05) is 49.4 Å². The van der Waals surface area contributed by atoms with Gasteiger partial charge in [0, 0.05) is 31.9 Å². The monoisotopic (exact) mass is 528 g/mol. The van der Waals surface area contributed by atoms with E-state index in [1.54, 1.807) is 12.1 Å². The number of alkyl halides is 3. The van der Waals surface area contributed by atoms with Gasteiger partial charge < -0.3 is 15.4 Å². The molecule has 0 spiro atoms. The summed E-state index contributed by atoms with van der Waals surface area (Å²) in [4.78, 5) is 24.8. The molecular weight excluding hydrogens is 493 g/mol. The van der Waals surface area contributed by atoms with Gasteiger partial charge in [-0.1, -0.05) is 48.0 Å². The third-order valence-corrected chi connectivity index (χ3v) is 6.66. The number of ether oxygens (including phenoxy) is 1. The highest BCUT2D eigenvalue weighted by Gasteiger charge is 2.37. The maximum absolute atomic E-state index is 13.2. The van der Waals surface area contributed by atoms with Gasteiger partial charge in [-0.25, -0.2) is 0 Å². The van der Waals surface area contributed by atoms with Gasteiger partial charge in [0.05, 0.1) is 12.1 Å². The van der Waals surface area contributed by atoms with E-state index in [-0.39, 0.29) is 31.4 Å². The molecule has 2 aromatic rings. The molecule has 0 aliphatic carbocycles. The molecule has 1 aliphatic heterocycles. The lowest BCUT2D eigenvalue weighted by molar-refractivity contribution is -0.136. The fraction of sp³-hybridized carbons (Fsp3) is 0.400. The van der Waals surface area contributed by atoms with Gasteiger partial charge in [0.25, 0.3) is 0 Å². The summed E-state index contributed by atoms with van der Waals surface area (Å²) in [6.07, 6.45) is -0.720. The molecule has 1 atom stereocenters. The second-order valence-corrected chi connectivity index (χ2v) is 9.79. The number of carbonyl (C=O) groups excluding carboxylic acids is 2. The third kappa shape index (κ3) is 8.50. The van der Waals surface area contributed by atoms with E-state index >= 15 is 0 Å². The Hall–Kier alpha value is -3.55. The molecule has 8 heteroatoms.